The minimum Gasteiger partial charge on any atom is -0.465 e. The van der Waals surface area contributed by atoms with E-state index in [0.717, 1.165) is 21.2 Å². The van der Waals surface area contributed by atoms with Crippen LogP contribution in [0.1, 0.15) is 13.8 Å². The molecule has 0 amide bonds. The van der Waals surface area contributed by atoms with Gasteiger partial charge in [0, 0.05) is 23.4 Å². The van der Waals surface area contributed by atoms with Gasteiger partial charge in [0.05, 0.1) is 17.8 Å². The number of fused-ring (bicyclic) bond motifs is 1. The smallest absolute Gasteiger partial charge is 0.325 e. The number of carbonyl (C=O) groups is 1. The number of hydrogen-bond acceptors (Lipinski definition) is 5. The van der Waals surface area contributed by atoms with E-state index < -0.39 is 0 Å². The third kappa shape index (κ3) is 3.25. The van der Waals surface area contributed by atoms with Crippen LogP contribution in [0.2, 0.25) is 0 Å². The minimum atomic E-state index is -0.239. The van der Waals surface area contributed by atoms with Gasteiger partial charge in [-0.15, -0.1) is 0 Å². The van der Waals surface area contributed by atoms with Gasteiger partial charge in [0.25, 0.3) is 0 Å². The van der Waals surface area contributed by atoms with Crippen molar-refractivity contribution in [3.63, 3.8) is 0 Å². The minimum absolute atomic E-state index is 0.210. The normalized spacial score (nSPS) is 10.6. The molecule has 0 aliphatic carbocycles. The Morgan fingerprint density at radius 3 is 2.90 bits per heavy atom. The highest BCUT2D eigenvalue weighted by Crippen LogP contribution is 2.25. The van der Waals surface area contributed by atoms with Crippen LogP contribution >= 0.6 is 15.9 Å². The number of likely N-dealkylation sites (N-methyl/N-ethyl adjacent to an activating group) is 1. The van der Waals surface area contributed by atoms with E-state index in [1.165, 1.54) is 0 Å². The van der Waals surface area contributed by atoms with Gasteiger partial charge in [0.1, 0.15) is 12.1 Å². The molecule has 0 radical (unpaired) electrons. The van der Waals surface area contributed by atoms with Crippen LogP contribution in [0.3, 0.4) is 0 Å². The zero-order valence-corrected chi connectivity index (χ0v) is 13.1. The van der Waals surface area contributed by atoms with E-state index in [4.69, 9.17) is 4.74 Å². The molecule has 2 aromatic rings. The molecule has 2 aromatic heterocycles. The first-order valence-electron chi connectivity index (χ1n) is 6.46. The third-order valence-corrected chi connectivity index (χ3v) is 3.30. The first-order valence-corrected chi connectivity index (χ1v) is 7.25. The Morgan fingerprint density at radius 2 is 2.20 bits per heavy atom. The second-order valence-electron chi connectivity index (χ2n) is 4.17. The van der Waals surface area contributed by atoms with Gasteiger partial charge in [0.2, 0.25) is 0 Å². The number of halogens is 1. The standard InChI is InChI=1S/C14H16BrN3O2/c1-3-18(9-13(19)20-4-2)12-5-6-16-11-7-10(15)8-17-14(11)12/h5-8H,3-4,9H2,1-2H3. The van der Waals surface area contributed by atoms with Crippen LogP contribution in [-0.4, -0.2) is 35.6 Å². The van der Waals surface area contributed by atoms with Gasteiger partial charge < -0.3 is 9.64 Å². The van der Waals surface area contributed by atoms with E-state index in [0.29, 0.717) is 13.2 Å². The van der Waals surface area contributed by atoms with Crippen molar-refractivity contribution in [1.29, 1.82) is 0 Å². The number of ether oxygens (including phenoxy) is 1. The number of aromatic nitrogens is 2. The van der Waals surface area contributed by atoms with Gasteiger partial charge in [-0.25, -0.2) is 0 Å². The molecule has 0 aliphatic heterocycles. The number of hydrogen-bond donors (Lipinski definition) is 0. The molecular formula is C14H16BrN3O2. The monoisotopic (exact) mass is 337 g/mol. The third-order valence-electron chi connectivity index (χ3n) is 2.87. The topological polar surface area (TPSA) is 55.3 Å². The van der Waals surface area contributed by atoms with Crippen molar-refractivity contribution in [3.8, 4) is 0 Å². The maximum Gasteiger partial charge on any atom is 0.325 e. The van der Waals surface area contributed by atoms with E-state index in [-0.39, 0.29) is 12.5 Å². The molecule has 0 saturated heterocycles. The fourth-order valence-electron chi connectivity index (χ4n) is 1.98. The Kier molecular flexibility index (Phi) is 4.89. The summed E-state index contributed by atoms with van der Waals surface area (Å²) in [7, 11) is 0. The number of pyridine rings is 2. The van der Waals surface area contributed by atoms with Gasteiger partial charge >= 0.3 is 5.97 Å². The Hall–Kier alpha value is -1.69. The highest BCUT2D eigenvalue weighted by molar-refractivity contribution is 9.10. The summed E-state index contributed by atoms with van der Waals surface area (Å²) < 4.78 is 5.88. The molecular weight excluding hydrogens is 322 g/mol. The lowest BCUT2D eigenvalue weighted by atomic mass is 10.2. The first-order chi connectivity index (χ1) is 9.65. The molecule has 2 rings (SSSR count). The molecule has 2 heterocycles. The van der Waals surface area contributed by atoms with E-state index in [9.17, 15) is 4.79 Å². The first kappa shape index (κ1) is 14.7. The maximum atomic E-state index is 11.7. The summed E-state index contributed by atoms with van der Waals surface area (Å²) in [4.78, 5) is 22.3. The van der Waals surface area contributed by atoms with Crippen LogP contribution in [-0.2, 0) is 9.53 Å². The lowest BCUT2D eigenvalue weighted by Crippen LogP contribution is -2.31. The second-order valence-corrected chi connectivity index (χ2v) is 5.09. The van der Waals surface area contributed by atoms with Gasteiger partial charge in [-0.2, -0.15) is 0 Å². The van der Waals surface area contributed by atoms with Crippen molar-refractivity contribution >= 4 is 38.6 Å². The van der Waals surface area contributed by atoms with E-state index in [1.807, 2.05) is 24.0 Å². The van der Waals surface area contributed by atoms with E-state index >= 15 is 0 Å². The Morgan fingerprint density at radius 1 is 1.40 bits per heavy atom. The summed E-state index contributed by atoms with van der Waals surface area (Å²) in [6.07, 6.45) is 3.45. The number of carbonyl (C=O) groups excluding carboxylic acids is 1. The second kappa shape index (κ2) is 6.65. The average molecular weight is 338 g/mol. The van der Waals surface area contributed by atoms with Crippen LogP contribution in [0.5, 0.6) is 0 Å². The average Bonchev–Trinajstić information content (AvgIpc) is 2.44. The quantitative estimate of drug-likeness (QED) is 0.785. The van der Waals surface area contributed by atoms with Crippen LogP contribution in [0.15, 0.2) is 29.0 Å². The van der Waals surface area contributed by atoms with Crippen molar-refractivity contribution in [2.24, 2.45) is 0 Å². The zero-order chi connectivity index (χ0) is 14.5. The van der Waals surface area contributed by atoms with Gasteiger partial charge in [-0.05, 0) is 41.9 Å². The van der Waals surface area contributed by atoms with Gasteiger partial charge in [-0.1, -0.05) is 0 Å². The van der Waals surface area contributed by atoms with Crippen molar-refractivity contribution in [2.75, 3.05) is 24.6 Å². The van der Waals surface area contributed by atoms with Crippen molar-refractivity contribution < 1.29 is 9.53 Å². The molecule has 5 nitrogen and oxygen atoms in total. The van der Waals surface area contributed by atoms with Crippen LogP contribution in [0.25, 0.3) is 11.0 Å². The predicted octanol–water partition coefficient (Wildman–Crippen LogP) is 2.78. The summed E-state index contributed by atoms with van der Waals surface area (Å²) in [6, 6.07) is 3.77. The molecule has 20 heavy (non-hydrogen) atoms. The number of rotatable bonds is 5. The van der Waals surface area contributed by atoms with Crippen LogP contribution in [0, 0.1) is 0 Å². The molecule has 0 N–H and O–H groups in total. The molecule has 0 bridgehead atoms. The highest BCUT2D eigenvalue weighted by atomic mass is 79.9. The molecule has 0 saturated carbocycles. The Labute approximate surface area is 126 Å². The Balaban J connectivity index is 2.36. The van der Waals surface area contributed by atoms with E-state index in [2.05, 4.69) is 25.9 Å². The fourth-order valence-corrected chi connectivity index (χ4v) is 2.30. The van der Waals surface area contributed by atoms with Crippen molar-refractivity contribution in [2.45, 2.75) is 13.8 Å². The van der Waals surface area contributed by atoms with E-state index in [1.54, 1.807) is 19.3 Å². The van der Waals surface area contributed by atoms with Crippen molar-refractivity contribution in [1.82, 2.24) is 9.97 Å². The lowest BCUT2D eigenvalue weighted by molar-refractivity contribution is -0.141. The molecule has 0 aromatic carbocycles. The largest absolute Gasteiger partial charge is 0.465 e. The molecule has 0 atom stereocenters. The predicted molar refractivity (Wildman–Crippen MR) is 81.8 cm³/mol. The molecule has 0 spiro atoms. The Bertz CT molecular complexity index is 618. The number of esters is 1. The molecule has 106 valence electrons. The van der Waals surface area contributed by atoms with Crippen LogP contribution < -0.4 is 4.90 Å². The van der Waals surface area contributed by atoms with Crippen molar-refractivity contribution in [3.05, 3.63) is 29.0 Å². The fraction of sp³-hybridized carbons (Fsp3) is 0.357. The molecule has 0 aliphatic rings. The zero-order valence-electron chi connectivity index (χ0n) is 11.5. The SMILES string of the molecule is CCOC(=O)CN(CC)c1ccnc2cc(Br)cnc12. The summed E-state index contributed by atoms with van der Waals surface area (Å²) in [5.74, 6) is -0.239. The highest BCUT2D eigenvalue weighted by Gasteiger charge is 2.14. The summed E-state index contributed by atoms with van der Waals surface area (Å²) in [6.45, 7) is 5.08. The number of nitrogens with zero attached hydrogens (tertiary/aromatic N) is 3. The molecule has 0 fully saturated rings. The number of anilines is 1. The lowest BCUT2D eigenvalue weighted by Gasteiger charge is -2.22. The summed E-state index contributed by atoms with van der Waals surface area (Å²) in [5.41, 5.74) is 2.46. The summed E-state index contributed by atoms with van der Waals surface area (Å²) in [5, 5.41) is 0. The van der Waals surface area contributed by atoms with Crippen LogP contribution in [0.4, 0.5) is 5.69 Å². The molecule has 0 unspecified atom stereocenters. The van der Waals surface area contributed by atoms with Gasteiger partial charge in [0.15, 0.2) is 0 Å². The van der Waals surface area contributed by atoms with Gasteiger partial charge in [-0.3, -0.25) is 14.8 Å². The molecule has 6 heteroatoms. The maximum absolute atomic E-state index is 11.7. The summed E-state index contributed by atoms with van der Waals surface area (Å²) >= 11 is 3.38.